The van der Waals surface area contributed by atoms with Gasteiger partial charge in [0.15, 0.2) is 0 Å². The fraction of sp³-hybridized carbons (Fsp3) is 0.608. The monoisotopic (exact) mass is 821 g/mol. The van der Waals surface area contributed by atoms with Gasteiger partial charge in [-0.1, -0.05) is 153 Å². The number of nitrogens with zero attached hydrogens (tertiary/aromatic N) is 4. The Morgan fingerprint density at radius 2 is 1.40 bits per heavy atom. The zero-order valence-corrected chi connectivity index (χ0v) is 39.4. The van der Waals surface area contributed by atoms with Crippen molar-refractivity contribution in [1.82, 2.24) is 19.9 Å². The Bertz CT molecular complexity index is 1750. The maximum atomic E-state index is 8.63. The molecule has 1 aliphatic heterocycles. The molecule has 3 aromatic heterocycles. The fourth-order valence-corrected chi connectivity index (χ4v) is 7.65. The third-order valence-electron chi connectivity index (χ3n) is 12.3. The Kier molecular flexibility index (Phi) is 21.9. The van der Waals surface area contributed by atoms with Gasteiger partial charge in [-0.05, 0) is 103 Å². The second-order valence-electron chi connectivity index (χ2n) is 19.2. The summed E-state index contributed by atoms with van der Waals surface area (Å²) in [6.07, 6.45) is 13.8. The summed E-state index contributed by atoms with van der Waals surface area (Å²) in [5, 5.41) is 8.63. The third-order valence-corrected chi connectivity index (χ3v) is 12.3. The second-order valence-corrected chi connectivity index (χ2v) is 19.2. The van der Waals surface area contributed by atoms with E-state index in [4.69, 9.17) is 14.3 Å². The number of aromatic nitrogens is 4. The van der Waals surface area contributed by atoms with E-state index in [0.717, 1.165) is 23.0 Å². The lowest BCUT2D eigenvalue weighted by molar-refractivity contribution is -0.199. The average Bonchev–Trinajstić information content (AvgIpc) is 3.60. The summed E-state index contributed by atoms with van der Waals surface area (Å²) in [6.45, 7) is 32.2. The number of aryl methyl sites for hydroxylation is 1. The third kappa shape index (κ3) is 15.2. The number of hydrogen-bond donors (Lipinski definition) is 1. The summed E-state index contributed by atoms with van der Waals surface area (Å²) in [4.78, 5) is 17.1. The van der Waals surface area contributed by atoms with Crippen molar-refractivity contribution < 1.29 is 14.3 Å². The van der Waals surface area contributed by atoms with Crippen LogP contribution < -0.4 is 0 Å². The number of pyridine rings is 2. The molecule has 4 fully saturated rings. The summed E-state index contributed by atoms with van der Waals surface area (Å²) in [6, 6.07) is 20.9. The van der Waals surface area contributed by atoms with Gasteiger partial charge in [0.25, 0.3) is 6.92 Å². The highest BCUT2D eigenvalue weighted by Gasteiger charge is 2.68. The molecular formula is C51H82B2N4O3. The van der Waals surface area contributed by atoms with E-state index in [1.165, 1.54) is 48.9 Å². The van der Waals surface area contributed by atoms with Crippen molar-refractivity contribution in [2.75, 3.05) is 0 Å². The molecule has 4 atom stereocenters. The van der Waals surface area contributed by atoms with Crippen molar-refractivity contribution in [3.8, 4) is 11.3 Å². The zero-order chi connectivity index (χ0) is 43.9. The van der Waals surface area contributed by atoms with Gasteiger partial charge in [-0.15, -0.1) is 0 Å². The predicted octanol–water partition coefficient (Wildman–Crippen LogP) is 13.8. The van der Waals surface area contributed by atoms with Crippen LogP contribution in [0.15, 0.2) is 85.5 Å². The van der Waals surface area contributed by atoms with Crippen LogP contribution in [0.4, 0.5) is 0 Å². The molecule has 330 valence electrons. The standard InChI is InChI=1S/C14H15N.C13H23BO2.C12H19N.C7H10N2.C4H11BO.CH4/c1-11(2)13-9-6-10-14(15-13)12-7-4-3-5-8-12;1-8(2)14-15-11-7-9-6-10(12(9,3)4)13(11,5)16-14;1-4-5-6-11-7-8-12(10(2)3)13-9-11;1-6(2)7-5-8-3-4-9-7;1-4(2)5(3)6;/h3-11H,1-2H3;8-11H,6-7H2,1-5H3;7-10H,4-6H2,1-3H3;3-6H,1-2H3;4,6H,1-3H3;1H4/t;9-,10-,11+,13-;;;;/m.0..../s1. The van der Waals surface area contributed by atoms with Crippen molar-refractivity contribution in [3.63, 3.8) is 0 Å². The van der Waals surface area contributed by atoms with Crippen molar-refractivity contribution >= 4 is 14.0 Å². The van der Waals surface area contributed by atoms with Gasteiger partial charge in [-0.25, -0.2) is 0 Å². The van der Waals surface area contributed by atoms with Crippen molar-refractivity contribution in [3.05, 3.63) is 108 Å². The minimum Gasteiger partial charge on any atom is -0.450 e. The Hall–Kier alpha value is -3.39. The highest BCUT2D eigenvalue weighted by Crippen LogP contribution is 2.66. The lowest BCUT2D eigenvalue weighted by atomic mass is 9.43. The van der Waals surface area contributed by atoms with Crippen LogP contribution in [0.3, 0.4) is 0 Å². The van der Waals surface area contributed by atoms with Crippen molar-refractivity contribution in [2.24, 2.45) is 17.3 Å². The largest absolute Gasteiger partial charge is 0.460 e. The molecule has 0 amide bonds. The van der Waals surface area contributed by atoms with E-state index in [0.29, 0.717) is 46.8 Å². The molecule has 0 spiro atoms. The van der Waals surface area contributed by atoms with Gasteiger partial charge < -0.3 is 14.3 Å². The molecule has 3 aliphatic carbocycles. The molecule has 4 aromatic rings. The van der Waals surface area contributed by atoms with E-state index in [9.17, 15) is 0 Å². The molecule has 1 aromatic carbocycles. The van der Waals surface area contributed by atoms with Crippen LogP contribution in [0, 0.1) is 17.3 Å². The molecule has 0 unspecified atom stereocenters. The van der Waals surface area contributed by atoms with Gasteiger partial charge in [0.2, 0.25) is 0 Å². The van der Waals surface area contributed by atoms with Crippen LogP contribution in [0.5, 0.6) is 0 Å². The van der Waals surface area contributed by atoms with E-state index in [-0.39, 0.29) is 27.1 Å². The zero-order valence-electron chi connectivity index (χ0n) is 39.4. The molecule has 9 heteroatoms. The molecule has 3 saturated carbocycles. The highest BCUT2D eigenvalue weighted by molar-refractivity contribution is 6.50. The van der Waals surface area contributed by atoms with E-state index < -0.39 is 0 Å². The molecule has 60 heavy (non-hydrogen) atoms. The van der Waals surface area contributed by atoms with E-state index in [2.05, 4.69) is 145 Å². The van der Waals surface area contributed by atoms with Crippen molar-refractivity contribution in [1.29, 1.82) is 0 Å². The Morgan fingerprint density at radius 3 is 1.87 bits per heavy atom. The molecule has 8 rings (SSSR count). The SMILES string of the molecule is C.CB(O)C(C)C.CC(C)B1O[C@@H]2C[C@@H]3C[C@@H](C3(C)C)[C@]2(C)O1.CC(C)c1cccc(-c2ccccc2)n1.CC(C)c1cnccn1.CCCCc1ccc(C(C)C)nc1. The van der Waals surface area contributed by atoms with Crippen LogP contribution in [0.25, 0.3) is 11.3 Å². The van der Waals surface area contributed by atoms with Crippen molar-refractivity contribution in [2.45, 2.75) is 184 Å². The topological polar surface area (TPSA) is 90.2 Å². The van der Waals surface area contributed by atoms with E-state index >= 15 is 0 Å². The number of rotatable bonds is 9. The number of hydrogen-bond acceptors (Lipinski definition) is 7. The summed E-state index contributed by atoms with van der Waals surface area (Å²) in [5.74, 6) is 3.91. The molecule has 7 nitrogen and oxygen atoms in total. The molecule has 2 bridgehead atoms. The van der Waals surface area contributed by atoms with Gasteiger partial charge in [-0.3, -0.25) is 19.9 Å². The smallest absolute Gasteiger partial charge is 0.450 e. The van der Waals surface area contributed by atoms with Crippen LogP contribution in [0.1, 0.15) is 170 Å². The van der Waals surface area contributed by atoms with Gasteiger partial charge >= 0.3 is 7.12 Å². The minimum atomic E-state index is -0.148. The van der Waals surface area contributed by atoms with Gasteiger partial charge in [0.1, 0.15) is 0 Å². The normalized spacial score (nSPS) is 20.6. The fourth-order valence-electron chi connectivity index (χ4n) is 7.65. The highest BCUT2D eigenvalue weighted by atomic mass is 16.7. The Balaban J connectivity index is 0.000000266. The van der Waals surface area contributed by atoms with E-state index in [1.54, 1.807) is 25.4 Å². The first kappa shape index (κ1) is 52.7. The maximum absolute atomic E-state index is 8.63. The van der Waals surface area contributed by atoms with Gasteiger partial charge in [0.05, 0.1) is 23.1 Å². The quantitative estimate of drug-likeness (QED) is 0.168. The Labute approximate surface area is 368 Å². The molecule has 1 N–H and O–H groups in total. The first-order valence-corrected chi connectivity index (χ1v) is 22.6. The second kappa shape index (κ2) is 24.9. The molecule has 4 heterocycles. The summed E-state index contributed by atoms with van der Waals surface area (Å²) < 4.78 is 12.4. The predicted molar refractivity (Wildman–Crippen MR) is 258 cm³/mol. The maximum Gasteiger partial charge on any atom is 0.460 e. The summed E-state index contributed by atoms with van der Waals surface area (Å²) >= 11 is 0. The lowest BCUT2D eigenvalue weighted by Crippen LogP contribution is -2.65. The first-order valence-electron chi connectivity index (χ1n) is 22.6. The first-order chi connectivity index (χ1) is 27.8. The summed E-state index contributed by atoms with van der Waals surface area (Å²) in [5.41, 5.74) is 7.44. The molecule has 1 saturated heterocycles. The van der Waals surface area contributed by atoms with Gasteiger partial charge in [-0.2, -0.15) is 0 Å². The number of benzene rings is 1. The number of unbranched alkanes of at least 4 members (excludes halogenated alkanes) is 1. The van der Waals surface area contributed by atoms with Crippen LogP contribution in [-0.2, 0) is 15.7 Å². The summed E-state index contributed by atoms with van der Waals surface area (Å²) in [7, 11) is 0.0187. The molecular weight excluding hydrogens is 738 g/mol. The van der Waals surface area contributed by atoms with Crippen LogP contribution >= 0.6 is 0 Å². The Morgan fingerprint density at radius 1 is 0.767 bits per heavy atom. The minimum absolute atomic E-state index is 0. The van der Waals surface area contributed by atoms with E-state index in [1.807, 2.05) is 38.2 Å². The molecule has 0 radical (unpaired) electrons. The average molecular weight is 821 g/mol. The van der Waals surface area contributed by atoms with Crippen LogP contribution in [-0.4, -0.2) is 50.7 Å². The lowest BCUT2D eigenvalue weighted by Gasteiger charge is -2.64. The van der Waals surface area contributed by atoms with Crippen LogP contribution in [0.2, 0.25) is 18.5 Å². The molecule has 4 aliphatic rings. The van der Waals surface area contributed by atoms with Gasteiger partial charge in [0, 0.05) is 41.7 Å².